The predicted octanol–water partition coefficient (Wildman–Crippen LogP) is 1.66. The molecule has 0 amide bonds. The maximum absolute atomic E-state index is 10.3. The minimum Gasteiger partial charge on any atom is -0.390 e. The molecule has 7 nitrogen and oxygen atoms in total. The highest BCUT2D eigenvalue weighted by atomic mass is 16.5. The Balaban J connectivity index is 1.46. The summed E-state index contributed by atoms with van der Waals surface area (Å²) in [5.41, 5.74) is 0.833. The number of likely N-dealkylation sites (N-methyl/N-ethyl adjacent to an activating group) is 1. The summed E-state index contributed by atoms with van der Waals surface area (Å²) in [6, 6.07) is 3.74. The van der Waals surface area contributed by atoms with Crippen molar-refractivity contribution in [3.63, 3.8) is 0 Å². The molecular formula is C18H27N5O2. The Bertz CT molecular complexity index is 640. The lowest BCUT2D eigenvalue weighted by Crippen LogP contribution is -2.42. The molecule has 0 aliphatic carbocycles. The van der Waals surface area contributed by atoms with Gasteiger partial charge in [-0.25, -0.2) is 0 Å². The van der Waals surface area contributed by atoms with E-state index in [0.29, 0.717) is 24.8 Å². The van der Waals surface area contributed by atoms with Crippen LogP contribution >= 0.6 is 0 Å². The molecule has 1 unspecified atom stereocenters. The summed E-state index contributed by atoms with van der Waals surface area (Å²) in [5, 5.41) is 14.3. The van der Waals surface area contributed by atoms with Gasteiger partial charge in [0, 0.05) is 31.0 Å². The summed E-state index contributed by atoms with van der Waals surface area (Å²) in [4.78, 5) is 12.8. The molecule has 2 aromatic rings. The number of aliphatic hydroxyl groups is 1. The Labute approximate surface area is 148 Å². The second-order valence-electron chi connectivity index (χ2n) is 7.09. The van der Waals surface area contributed by atoms with Gasteiger partial charge in [-0.2, -0.15) is 4.98 Å². The lowest BCUT2D eigenvalue weighted by atomic mass is 9.99. The molecule has 0 saturated carbocycles. The van der Waals surface area contributed by atoms with Gasteiger partial charge in [-0.15, -0.1) is 0 Å². The van der Waals surface area contributed by atoms with E-state index >= 15 is 0 Å². The van der Waals surface area contributed by atoms with Gasteiger partial charge in [0.2, 0.25) is 11.7 Å². The molecule has 2 aromatic heterocycles. The van der Waals surface area contributed by atoms with E-state index in [4.69, 9.17) is 4.52 Å². The molecule has 136 valence electrons. The van der Waals surface area contributed by atoms with Crippen LogP contribution in [0, 0.1) is 5.92 Å². The van der Waals surface area contributed by atoms with Crippen LogP contribution in [0.5, 0.6) is 0 Å². The Kier molecular flexibility index (Phi) is 6.12. The molecule has 1 fully saturated rings. The first kappa shape index (κ1) is 18.0. The number of rotatable bonds is 7. The maximum Gasteiger partial charge on any atom is 0.241 e. The van der Waals surface area contributed by atoms with Crippen molar-refractivity contribution in [3.05, 3.63) is 30.4 Å². The molecule has 0 bridgehead atoms. The van der Waals surface area contributed by atoms with Crippen molar-refractivity contribution in [1.82, 2.24) is 24.9 Å². The quantitative estimate of drug-likeness (QED) is 0.817. The number of pyridine rings is 1. The van der Waals surface area contributed by atoms with E-state index in [9.17, 15) is 5.11 Å². The summed E-state index contributed by atoms with van der Waals surface area (Å²) in [6.45, 7) is 6.28. The van der Waals surface area contributed by atoms with E-state index in [1.54, 1.807) is 12.4 Å². The van der Waals surface area contributed by atoms with Gasteiger partial charge < -0.3 is 14.5 Å². The molecule has 0 aromatic carbocycles. The van der Waals surface area contributed by atoms with E-state index in [0.717, 1.165) is 31.1 Å². The fourth-order valence-electron chi connectivity index (χ4n) is 3.19. The highest BCUT2D eigenvalue weighted by Crippen LogP contribution is 2.17. The zero-order valence-corrected chi connectivity index (χ0v) is 15.0. The Morgan fingerprint density at radius 2 is 2.20 bits per heavy atom. The first-order valence-electron chi connectivity index (χ1n) is 8.92. The number of likely N-dealkylation sites (tertiary alicyclic amines) is 1. The normalized spacial score (nSPS) is 17.9. The molecular weight excluding hydrogens is 318 g/mol. The van der Waals surface area contributed by atoms with Crippen molar-refractivity contribution in [2.45, 2.75) is 32.4 Å². The number of β-amino-alcohol motifs (C(OH)–C–C–N with tert-alkyl or cyclic N) is 1. The van der Waals surface area contributed by atoms with Crippen LogP contribution in [0.25, 0.3) is 11.4 Å². The molecule has 3 heterocycles. The molecule has 1 aliphatic rings. The van der Waals surface area contributed by atoms with Crippen LogP contribution in [-0.2, 0) is 6.54 Å². The van der Waals surface area contributed by atoms with Crippen LogP contribution in [0.1, 0.15) is 25.7 Å². The van der Waals surface area contributed by atoms with Crippen molar-refractivity contribution in [2.24, 2.45) is 5.92 Å². The number of aromatic nitrogens is 3. The number of hydrogen-bond acceptors (Lipinski definition) is 7. The summed E-state index contributed by atoms with van der Waals surface area (Å²) in [5.74, 6) is 1.89. The van der Waals surface area contributed by atoms with E-state index in [1.807, 2.05) is 24.1 Å². The highest BCUT2D eigenvalue weighted by molar-refractivity contribution is 5.51. The monoisotopic (exact) mass is 345 g/mol. The third-order valence-corrected chi connectivity index (χ3v) is 4.66. The zero-order valence-electron chi connectivity index (χ0n) is 15.0. The fourth-order valence-corrected chi connectivity index (χ4v) is 3.19. The lowest BCUT2D eigenvalue weighted by molar-refractivity contribution is 0.0639. The summed E-state index contributed by atoms with van der Waals surface area (Å²) in [6.07, 6.45) is 5.49. The molecule has 0 spiro atoms. The van der Waals surface area contributed by atoms with Crippen molar-refractivity contribution >= 4 is 0 Å². The van der Waals surface area contributed by atoms with Gasteiger partial charge >= 0.3 is 0 Å². The zero-order chi connectivity index (χ0) is 17.6. The summed E-state index contributed by atoms with van der Waals surface area (Å²) < 4.78 is 5.31. The molecule has 0 radical (unpaired) electrons. The third kappa shape index (κ3) is 5.32. The maximum atomic E-state index is 10.3. The van der Waals surface area contributed by atoms with Crippen LogP contribution in [0.2, 0.25) is 0 Å². The summed E-state index contributed by atoms with van der Waals surface area (Å²) in [7, 11) is 1.95. The molecule has 25 heavy (non-hydrogen) atoms. The topological polar surface area (TPSA) is 78.5 Å². The number of piperidine rings is 1. The largest absolute Gasteiger partial charge is 0.390 e. The molecule has 3 rings (SSSR count). The van der Waals surface area contributed by atoms with Gasteiger partial charge in [-0.05, 0) is 51.0 Å². The van der Waals surface area contributed by atoms with E-state index < -0.39 is 0 Å². The minimum absolute atomic E-state index is 0.376. The van der Waals surface area contributed by atoms with Crippen molar-refractivity contribution < 1.29 is 9.63 Å². The van der Waals surface area contributed by atoms with Crippen LogP contribution in [0.4, 0.5) is 0 Å². The van der Waals surface area contributed by atoms with Crippen molar-refractivity contribution in [3.8, 4) is 11.4 Å². The Morgan fingerprint density at radius 3 is 2.92 bits per heavy atom. The van der Waals surface area contributed by atoms with Gasteiger partial charge in [-0.1, -0.05) is 12.1 Å². The SMILES string of the molecule is CC1CCN(CC(O)CN(C)Cc2nc(-c3cccnc3)no2)CC1. The smallest absolute Gasteiger partial charge is 0.241 e. The fraction of sp³-hybridized carbons (Fsp3) is 0.611. The predicted molar refractivity (Wildman–Crippen MR) is 94.7 cm³/mol. The standard InChI is InChI=1S/C18H27N5O2/c1-14-5-8-23(9-6-14)12-16(24)11-22(2)13-17-20-18(21-25-17)15-4-3-7-19-10-15/h3-4,7,10,14,16,24H,5-6,8-9,11-13H2,1-2H3. The van der Waals surface area contributed by atoms with Crippen LogP contribution in [0.15, 0.2) is 29.0 Å². The number of hydrogen-bond donors (Lipinski definition) is 1. The van der Waals surface area contributed by atoms with Crippen molar-refractivity contribution in [2.75, 3.05) is 33.2 Å². The lowest BCUT2D eigenvalue weighted by Gasteiger charge is -2.32. The average Bonchev–Trinajstić information content (AvgIpc) is 3.06. The molecule has 1 N–H and O–H groups in total. The third-order valence-electron chi connectivity index (χ3n) is 4.66. The first-order chi connectivity index (χ1) is 12.1. The van der Waals surface area contributed by atoms with Gasteiger partial charge in [0.15, 0.2) is 0 Å². The van der Waals surface area contributed by atoms with Crippen LogP contribution in [0.3, 0.4) is 0 Å². The van der Waals surface area contributed by atoms with Gasteiger partial charge in [0.1, 0.15) is 0 Å². The molecule has 1 atom stereocenters. The van der Waals surface area contributed by atoms with E-state index in [1.165, 1.54) is 12.8 Å². The van der Waals surface area contributed by atoms with E-state index in [2.05, 4.69) is 26.9 Å². The second-order valence-corrected chi connectivity index (χ2v) is 7.09. The van der Waals surface area contributed by atoms with Gasteiger partial charge in [0.25, 0.3) is 0 Å². The van der Waals surface area contributed by atoms with Gasteiger partial charge in [0.05, 0.1) is 12.6 Å². The number of aliphatic hydroxyl groups excluding tert-OH is 1. The molecule has 1 aliphatic heterocycles. The minimum atomic E-state index is -0.376. The molecule has 1 saturated heterocycles. The van der Waals surface area contributed by atoms with Crippen molar-refractivity contribution in [1.29, 1.82) is 0 Å². The van der Waals surface area contributed by atoms with Gasteiger partial charge in [-0.3, -0.25) is 9.88 Å². The average molecular weight is 345 g/mol. The number of nitrogens with zero attached hydrogens (tertiary/aromatic N) is 5. The summed E-state index contributed by atoms with van der Waals surface area (Å²) >= 11 is 0. The first-order valence-corrected chi connectivity index (χ1v) is 8.92. The van der Waals surface area contributed by atoms with E-state index in [-0.39, 0.29) is 6.10 Å². The second kappa shape index (κ2) is 8.51. The highest BCUT2D eigenvalue weighted by Gasteiger charge is 2.20. The Morgan fingerprint density at radius 1 is 1.40 bits per heavy atom. The van der Waals surface area contributed by atoms with Crippen LogP contribution in [-0.4, -0.2) is 69.4 Å². The molecule has 7 heteroatoms. The Hall–Kier alpha value is -1.83. The van der Waals surface area contributed by atoms with Crippen LogP contribution < -0.4 is 0 Å².